The third kappa shape index (κ3) is 5.05. The second-order valence-corrected chi connectivity index (χ2v) is 7.22. The van der Waals surface area contributed by atoms with Crippen molar-refractivity contribution in [2.24, 2.45) is 5.14 Å². The molecule has 2 aromatic heterocycles. The zero-order chi connectivity index (χ0) is 20.1. The average Bonchev–Trinajstić information content (AvgIpc) is 3.32. The average molecular weight is 404 g/mol. The van der Waals surface area contributed by atoms with E-state index in [0.717, 1.165) is 0 Å². The first-order valence-corrected chi connectivity index (χ1v) is 9.52. The highest BCUT2D eigenvalue weighted by Gasteiger charge is 2.15. The molecule has 3 rings (SSSR count). The van der Waals surface area contributed by atoms with Gasteiger partial charge in [0.05, 0.1) is 11.4 Å². The summed E-state index contributed by atoms with van der Waals surface area (Å²) in [6.07, 6.45) is 3.37. The van der Waals surface area contributed by atoms with Gasteiger partial charge in [0.15, 0.2) is 6.61 Å². The molecule has 0 atom stereocenters. The number of hydrogen-bond donors (Lipinski definition) is 2. The van der Waals surface area contributed by atoms with Crippen LogP contribution in [0.25, 0.3) is 0 Å². The molecule has 0 unspecified atom stereocenters. The molecule has 0 bridgehead atoms. The van der Waals surface area contributed by atoms with Crippen molar-refractivity contribution in [1.82, 2.24) is 9.78 Å². The minimum atomic E-state index is -3.81. The number of nitrogens with two attached hydrogens (primary N) is 1. The van der Waals surface area contributed by atoms with Crippen molar-refractivity contribution < 1.29 is 27.2 Å². The van der Waals surface area contributed by atoms with Crippen molar-refractivity contribution in [3.63, 3.8) is 0 Å². The SMILES string of the molecule is NS(=O)(=O)c1ccc(NC(=O)COC(=O)c2ccc(Cn3cccn3)o2)cc1. The summed E-state index contributed by atoms with van der Waals surface area (Å²) in [6.45, 7) is -0.180. The van der Waals surface area contributed by atoms with Crippen LogP contribution in [0.4, 0.5) is 5.69 Å². The number of ether oxygens (including phenoxy) is 1. The van der Waals surface area contributed by atoms with E-state index in [1.165, 1.54) is 30.3 Å². The molecule has 10 nitrogen and oxygen atoms in total. The summed E-state index contributed by atoms with van der Waals surface area (Å²) in [6, 6.07) is 10.1. The van der Waals surface area contributed by atoms with Gasteiger partial charge in [-0.05, 0) is 42.5 Å². The molecule has 0 aliphatic carbocycles. The highest BCUT2D eigenvalue weighted by molar-refractivity contribution is 7.89. The smallest absolute Gasteiger partial charge is 0.374 e. The van der Waals surface area contributed by atoms with Crippen molar-refractivity contribution >= 4 is 27.6 Å². The number of hydrogen-bond acceptors (Lipinski definition) is 7. The maximum atomic E-state index is 12.0. The molecule has 0 fully saturated rings. The number of nitrogens with zero attached hydrogens (tertiary/aromatic N) is 2. The lowest BCUT2D eigenvalue weighted by atomic mass is 10.3. The van der Waals surface area contributed by atoms with E-state index in [0.29, 0.717) is 18.0 Å². The lowest BCUT2D eigenvalue weighted by Crippen LogP contribution is -2.21. The van der Waals surface area contributed by atoms with Crippen molar-refractivity contribution in [2.45, 2.75) is 11.4 Å². The van der Waals surface area contributed by atoms with E-state index < -0.39 is 28.5 Å². The number of benzene rings is 1. The van der Waals surface area contributed by atoms with Gasteiger partial charge in [-0.3, -0.25) is 9.48 Å². The molecule has 3 N–H and O–H groups in total. The Balaban J connectivity index is 1.50. The third-order valence-corrected chi connectivity index (χ3v) is 4.47. The molecule has 0 aliphatic heterocycles. The number of aromatic nitrogens is 2. The summed E-state index contributed by atoms with van der Waals surface area (Å²) in [4.78, 5) is 23.8. The first kappa shape index (κ1) is 19.3. The second kappa shape index (κ2) is 8.06. The zero-order valence-electron chi connectivity index (χ0n) is 14.4. The Morgan fingerprint density at radius 3 is 2.57 bits per heavy atom. The Kier molecular flexibility index (Phi) is 5.57. The Morgan fingerprint density at radius 2 is 1.93 bits per heavy atom. The van der Waals surface area contributed by atoms with Gasteiger partial charge in [0.25, 0.3) is 5.91 Å². The maximum Gasteiger partial charge on any atom is 0.374 e. The van der Waals surface area contributed by atoms with E-state index in [1.54, 1.807) is 29.2 Å². The summed E-state index contributed by atoms with van der Waals surface area (Å²) in [5, 5.41) is 11.5. The fourth-order valence-corrected chi connectivity index (χ4v) is 2.77. The van der Waals surface area contributed by atoms with Crippen molar-refractivity contribution in [2.75, 3.05) is 11.9 Å². The van der Waals surface area contributed by atoms with Crippen LogP contribution < -0.4 is 10.5 Å². The monoisotopic (exact) mass is 404 g/mol. The van der Waals surface area contributed by atoms with Gasteiger partial charge in [-0.2, -0.15) is 5.10 Å². The molecule has 1 amide bonds. The van der Waals surface area contributed by atoms with Gasteiger partial charge in [0.1, 0.15) is 5.76 Å². The minimum Gasteiger partial charge on any atom is -0.452 e. The Hall–Kier alpha value is -3.44. The number of primary sulfonamides is 1. The van der Waals surface area contributed by atoms with E-state index in [9.17, 15) is 18.0 Å². The molecule has 0 aliphatic rings. The molecular weight excluding hydrogens is 388 g/mol. The number of furan rings is 1. The van der Waals surface area contributed by atoms with Crippen molar-refractivity contribution in [3.8, 4) is 0 Å². The largest absolute Gasteiger partial charge is 0.452 e. The number of rotatable bonds is 7. The summed E-state index contributed by atoms with van der Waals surface area (Å²) < 4.78 is 34.3. The number of carbonyl (C=O) groups excluding carboxylic acids is 2. The Morgan fingerprint density at radius 1 is 1.18 bits per heavy atom. The van der Waals surface area contributed by atoms with Crippen LogP contribution in [-0.2, 0) is 26.1 Å². The number of carbonyl (C=O) groups is 2. The maximum absolute atomic E-state index is 12.0. The predicted octanol–water partition coefficient (Wildman–Crippen LogP) is 0.967. The molecule has 3 aromatic rings. The normalized spacial score (nSPS) is 11.2. The van der Waals surface area contributed by atoms with Crippen LogP contribution in [0, 0.1) is 0 Å². The fraction of sp³-hybridized carbons (Fsp3) is 0.118. The highest BCUT2D eigenvalue weighted by Crippen LogP contribution is 2.13. The Bertz CT molecular complexity index is 1070. The topological polar surface area (TPSA) is 147 Å². The zero-order valence-corrected chi connectivity index (χ0v) is 15.3. The van der Waals surface area contributed by atoms with Crippen LogP contribution in [-0.4, -0.2) is 36.7 Å². The van der Waals surface area contributed by atoms with E-state index >= 15 is 0 Å². The number of esters is 1. The van der Waals surface area contributed by atoms with Gasteiger partial charge in [-0.1, -0.05) is 0 Å². The molecule has 1 aromatic carbocycles. The summed E-state index contributed by atoms with van der Waals surface area (Å²) in [7, 11) is -3.81. The van der Waals surface area contributed by atoms with Gasteiger partial charge < -0.3 is 14.5 Å². The van der Waals surface area contributed by atoms with Gasteiger partial charge in [-0.25, -0.2) is 18.4 Å². The number of amides is 1. The van der Waals surface area contributed by atoms with E-state index in [1.807, 2.05) is 0 Å². The van der Waals surface area contributed by atoms with Crippen molar-refractivity contribution in [3.05, 3.63) is 66.4 Å². The summed E-state index contributed by atoms with van der Waals surface area (Å²) in [5.41, 5.74) is 0.327. The Labute approximate surface area is 159 Å². The van der Waals surface area contributed by atoms with E-state index in [4.69, 9.17) is 14.3 Å². The summed E-state index contributed by atoms with van der Waals surface area (Å²) in [5.74, 6) is -0.908. The second-order valence-electron chi connectivity index (χ2n) is 5.66. The summed E-state index contributed by atoms with van der Waals surface area (Å²) >= 11 is 0. The molecule has 0 spiro atoms. The third-order valence-electron chi connectivity index (χ3n) is 3.54. The van der Waals surface area contributed by atoms with Gasteiger partial charge in [0, 0.05) is 18.1 Å². The minimum absolute atomic E-state index is 0.0348. The van der Waals surface area contributed by atoms with Crippen LogP contribution >= 0.6 is 0 Å². The van der Waals surface area contributed by atoms with Gasteiger partial charge in [0.2, 0.25) is 15.8 Å². The molecule has 0 saturated heterocycles. The number of nitrogens with one attached hydrogen (secondary N) is 1. The quantitative estimate of drug-likeness (QED) is 0.558. The van der Waals surface area contributed by atoms with Crippen molar-refractivity contribution in [1.29, 1.82) is 0 Å². The number of sulfonamides is 1. The van der Waals surface area contributed by atoms with Crippen LogP contribution in [0.5, 0.6) is 0 Å². The molecule has 146 valence electrons. The van der Waals surface area contributed by atoms with Crippen LogP contribution in [0.3, 0.4) is 0 Å². The molecule has 2 heterocycles. The molecular formula is C17H16N4O6S. The van der Waals surface area contributed by atoms with E-state index in [-0.39, 0.29) is 10.7 Å². The predicted molar refractivity (Wildman–Crippen MR) is 96.8 cm³/mol. The fourth-order valence-electron chi connectivity index (χ4n) is 2.25. The lowest BCUT2D eigenvalue weighted by molar-refractivity contribution is -0.119. The van der Waals surface area contributed by atoms with Crippen LogP contribution in [0.2, 0.25) is 0 Å². The highest BCUT2D eigenvalue weighted by atomic mass is 32.2. The molecule has 11 heteroatoms. The van der Waals surface area contributed by atoms with Gasteiger partial charge >= 0.3 is 5.97 Å². The van der Waals surface area contributed by atoms with Gasteiger partial charge in [-0.15, -0.1) is 0 Å². The first-order valence-electron chi connectivity index (χ1n) is 7.97. The van der Waals surface area contributed by atoms with Crippen LogP contribution in [0.1, 0.15) is 16.3 Å². The molecule has 28 heavy (non-hydrogen) atoms. The standard InChI is InChI=1S/C17H16N4O6S/c18-28(24,25)14-5-2-12(3-6-14)20-16(22)11-26-17(23)15-7-4-13(27-15)10-21-9-1-8-19-21/h1-9H,10-11H2,(H,20,22)(H2,18,24,25). The molecule has 0 saturated carbocycles. The lowest BCUT2D eigenvalue weighted by Gasteiger charge is -2.06. The van der Waals surface area contributed by atoms with E-state index in [2.05, 4.69) is 10.4 Å². The van der Waals surface area contributed by atoms with Crippen LogP contribution in [0.15, 0.2) is 64.2 Å². The first-order chi connectivity index (χ1) is 13.3. The number of anilines is 1. The molecule has 0 radical (unpaired) electrons.